The van der Waals surface area contributed by atoms with Gasteiger partial charge in [-0.1, -0.05) is 39.5 Å². The molecule has 0 atom stereocenters. The van der Waals surface area contributed by atoms with Crippen molar-refractivity contribution in [1.29, 1.82) is 0 Å². The van der Waals surface area contributed by atoms with Crippen LogP contribution in [0.25, 0.3) is 11.4 Å². The Balaban J connectivity index is 1.82. The predicted molar refractivity (Wildman–Crippen MR) is 85.6 cm³/mol. The first-order chi connectivity index (χ1) is 10.2. The summed E-state index contributed by atoms with van der Waals surface area (Å²) in [4.78, 5) is 0. The Bertz CT molecular complexity index is 530. The van der Waals surface area contributed by atoms with Crippen molar-refractivity contribution >= 4 is 5.69 Å². The van der Waals surface area contributed by atoms with Gasteiger partial charge in [0.1, 0.15) is 0 Å². The number of rotatable bonds is 8. The number of nitrogens with zero attached hydrogens (tertiary/aromatic N) is 4. The van der Waals surface area contributed by atoms with Crippen LogP contribution in [-0.2, 0) is 6.54 Å². The van der Waals surface area contributed by atoms with Crippen LogP contribution in [0.3, 0.4) is 0 Å². The van der Waals surface area contributed by atoms with Gasteiger partial charge in [-0.2, -0.15) is 0 Å². The van der Waals surface area contributed by atoms with Crippen LogP contribution in [0.2, 0.25) is 0 Å². The monoisotopic (exact) mass is 287 g/mol. The molecule has 5 nitrogen and oxygen atoms in total. The molecule has 0 saturated carbocycles. The molecule has 2 rings (SSSR count). The number of unbranched alkanes of at least 4 members (excludes halogenated alkanes) is 3. The number of aromatic nitrogens is 4. The molecule has 2 N–H and O–H groups in total. The van der Waals surface area contributed by atoms with Gasteiger partial charge in [0.05, 0.1) is 0 Å². The Morgan fingerprint density at radius 1 is 1.05 bits per heavy atom. The molecule has 0 radical (unpaired) electrons. The zero-order valence-corrected chi connectivity index (χ0v) is 13.0. The highest BCUT2D eigenvalue weighted by Crippen LogP contribution is 2.18. The molecule has 0 bridgehead atoms. The summed E-state index contributed by atoms with van der Waals surface area (Å²) in [6.07, 6.45) is 6.27. The van der Waals surface area contributed by atoms with E-state index >= 15 is 0 Å². The minimum atomic E-state index is 0.753. The Labute approximate surface area is 126 Å². The second kappa shape index (κ2) is 7.76. The summed E-state index contributed by atoms with van der Waals surface area (Å²) in [6, 6.07) is 7.67. The highest BCUT2D eigenvalue weighted by atomic mass is 15.5. The predicted octanol–water partition coefficient (Wildman–Crippen LogP) is 3.53. The van der Waals surface area contributed by atoms with Crippen molar-refractivity contribution in [1.82, 2.24) is 20.2 Å². The zero-order valence-electron chi connectivity index (χ0n) is 13.0. The Hall–Kier alpha value is -1.91. The van der Waals surface area contributed by atoms with Gasteiger partial charge in [0, 0.05) is 17.8 Å². The molecule has 0 unspecified atom stereocenters. The lowest BCUT2D eigenvalue weighted by molar-refractivity contribution is 0.491. The third-order valence-electron chi connectivity index (χ3n) is 3.60. The molecular formula is C16H25N5. The van der Waals surface area contributed by atoms with Crippen molar-refractivity contribution in [2.75, 3.05) is 5.73 Å². The van der Waals surface area contributed by atoms with E-state index in [-0.39, 0.29) is 0 Å². The fourth-order valence-electron chi connectivity index (χ4n) is 2.36. The zero-order chi connectivity index (χ0) is 15.1. The first kappa shape index (κ1) is 15.5. The van der Waals surface area contributed by atoms with E-state index < -0.39 is 0 Å². The van der Waals surface area contributed by atoms with Crippen molar-refractivity contribution in [2.45, 2.75) is 52.5 Å². The van der Waals surface area contributed by atoms with E-state index in [0.717, 1.165) is 36.0 Å². The van der Waals surface area contributed by atoms with Gasteiger partial charge in [0.25, 0.3) is 0 Å². The highest BCUT2D eigenvalue weighted by molar-refractivity contribution is 5.58. The van der Waals surface area contributed by atoms with E-state index in [1.54, 1.807) is 0 Å². The number of benzene rings is 1. The minimum Gasteiger partial charge on any atom is -0.399 e. The number of anilines is 1. The quantitative estimate of drug-likeness (QED) is 0.595. The molecule has 0 aliphatic heterocycles. The number of tetrazole rings is 1. The molecular weight excluding hydrogens is 262 g/mol. The van der Waals surface area contributed by atoms with Gasteiger partial charge in [0.2, 0.25) is 0 Å². The molecule has 1 aromatic carbocycles. The van der Waals surface area contributed by atoms with Crippen LogP contribution in [0.4, 0.5) is 5.69 Å². The first-order valence-corrected chi connectivity index (χ1v) is 7.79. The second-order valence-electron chi connectivity index (χ2n) is 5.94. The molecule has 0 spiro atoms. The maximum Gasteiger partial charge on any atom is 0.182 e. The molecule has 5 heteroatoms. The number of nitrogens with two attached hydrogens (primary N) is 1. The highest BCUT2D eigenvalue weighted by Gasteiger charge is 2.08. The fraction of sp³-hybridized carbons (Fsp3) is 0.562. The maximum atomic E-state index is 5.71. The Kier molecular flexibility index (Phi) is 5.72. The van der Waals surface area contributed by atoms with Gasteiger partial charge in [-0.25, -0.2) is 4.68 Å². The third kappa shape index (κ3) is 4.85. The van der Waals surface area contributed by atoms with Crippen LogP contribution < -0.4 is 5.73 Å². The topological polar surface area (TPSA) is 69.6 Å². The normalized spacial score (nSPS) is 11.2. The lowest BCUT2D eigenvalue weighted by atomic mass is 10.0. The molecule has 114 valence electrons. The van der Waals surface area contributed by atoms with E-state index in [1.807, 2.05) is 28.9 Å². The Morgan fingerprint density at radius 3 is 2.48 bits per heavy atom. The van der Waals surface area contributed by atoms with Crippen LogP contribution in [-0.4, -0.2) is 20.2 Å². The van der Waals surface area contributed by atoms with E-state index in [1.165, 1.54) is 25.7 Å². The molecule has 0 fully saturated rings. The van der Waals surface area contributed by atoms with Gasteiger partial charge in [-0.15, -0.1) is 5.10 Å². The smallest absolute Gasteiger partial charge is 0.182 e. The van der Waals surface area contributed by atoms with Crippen molar-refractivity contribution in [3.63, 3.8) is 0 Å². The van der Waals surface area contributed by atoms with Crippen LogP contribution in [0, 0.1) is 5.92 Å². The third-order valence-corrected chi connectivity index (χ3v) is 3.60. The van der Waals surface area contributed by atoms with Crippen molar-refractivity contribution in [2.24, 2.45) is 5.92 Å². The van der Waals surface area contributed by atoms with E-state index in [4.69, 9.17) is 5.73 Å². The summed E-state index contributed by atoms with van der Waals surface area (Å²) >= 11 is 0. The standard InChI is InChI=1S/C16H25N5/c1-13(2)7-5-3-4-6-12-21-16(18-19-20-21)14-8-10-15(17)11-9-14/h8-11,13H,3-7,12,17H2,1-2H3. The van der Waals surface area contributed by atoms with Crippen LogP contribution in [0.5, 0.6) is 0 Å². The van der Waals surface area contributed by atoms with Crippen molar-refractivity contribution < 1.29 is 0 Å². The SMILES string of the molecule is CC(C)CCCCCCn1nnnc1-c1ccc(N)cc1. The van der Waals surface area contributed by atoms with Gasteiger partial charge in [-0.3, -0.25) is 0 Å². The van der Waals surface area contributed by atoms with E-state index in [2.05, 4.69) is 29.4 Å². The molecule has 1 aromatic heterocycles. The molecule has 21 heavy (non-hydrogen) atoms. The van der Waals surface area contributed by atoms with E-state index in [0.29, 0.717) is 0 Å². The number of aryl methyl sites for hydroxylation is 1. The number of hydrogen-bond donors (Lipinski definition) is 1. The second-order valence-corrected chi connectivity index (χ2v) is 5.94. The van der Waals surface area contributed by atoms with Crippen LogP contribution in [0.15, 0.2) is 24.3 Å². The number of nitrogen functional groups attached to an aromatic ring is 1. The lowest BCUT2D eigenvalue weighted by Crippen LogP contribution is -2.03. The largest absolute Gasteiger partial charge is 0.399 e. The average molecular weight is 287 g/mol. The Morgan fingerprint density at radius 2 is 1.76 bits per heavy atom. The molecule has 0 saturated heterocycles. The van der Waals surface area contributed by atoms with Gasteiger partial charge in [0.15, 0.2) is 5.82 Å². The number of hydrogen-bond acceptors (Lipinski definition) is 4. The van der Waals surface area contributed by atoms with Gasteiger partial charge < -0.3 is 5.73 Å². The molecule has 0 amide bonds. The summed E-state index contributed by atoms with van der Waals surface area (Å²) < 4.78 is 1.88. The summed E-state index contributed by atoms with van der Waals surface area (Å²) in [5.41, 5.74) is 7.47. The van der Waals surface area contributed by atoms with Gasteiger partial charge in [-0.05, 0) is 47.0 Å². The average Bonchev–Trinajstić information content (AvgIpc) is 2.91. The van der Waals surface area contributed by atoms with E-state index in [9.17, 15) is 0 Å². The van der Waals surface area contributed by atoms with Crippen molar-refractivity contribution in [3.8, 4) is 11.4 Å². The maximum absolute atomic E-state index is 5.71. The molecule has 2 aromatic rings. The summed E-state index contributed by atoms with van der Waals surface area (Å²) in [5, 5.41) is 12.0. The summed E-state index contributed by atoms with van der Waals surface area (Å²) in [7, 11) is 0. The molecule has 0 aliphatic rings. The summed E-state index contributed by atoms with van der Waals surface area (Å²) in [5.74, 6) is 1.62. The fourth-order valence-corrected chi connectivity index (χ4v) is 2.36. The first-order valence-electron chi connectivity index (χ1n) is 7.79. The lowest BCUT2D eigenvalue weighted by Gasteiger charge is -2.06. The van der Waals surface area contributed by atoms with Gasteiger partial charge >= 0.3 is 0 Å². The van der Waals surface area contributed by atoms with Crippen LogP contribution >= 0.6 is 0 Å². The molecule has 0 aliphatic carbocycles. The minimum absolute atomic E-state index is 0.753. The summed E-state index contributed by atoms with van der Waals surface area (Å²) in [6.45, 7) is 5.42. The van der Waals surface area contributed by atoms with Crippen LogP contribution in [0.1, 0.15) is 46.0 Å². The molecule has 1 heterocycles. The van der Waals surface area contributed by atoms with Crippen molar-refractivity contribution in [3.05, 3.63) is 24.3 Å².